The lowest BCUT2D eigenvalue weighted by atomic mass is 10.1. The van der Waals surface area contributed by atoms with Gasteiger partial charge in [0.25, 0.3) is 10.0 Å². The molecule has 3 aromatic carbocycles. The molecular weight excluding hydrogens is 510 g/mol. The van der Waals surface area contributed by atoms with Gasteiger partial charge in [0.05, 0.1) is 10.6 Å². The van der Waals surface area contributed by atoms with Gasteiger partial charge in [-0.15, -0.1) is 0 Å². The monoisotopic (exact) mass is 549 g/mol. The van der Waals surface area contributed by atoms with Crippen molar-refractivity contribution in [3.63, 3.8) is 0 Å². The van der Waals surface area contributed by atoms with Crippen molar-refractivity contribution in [3.05, 3.63) is 94.5 Å². The number of carbonyl (C=O) groups excluding carboxylic acids is 2. The number of nitrogens with one attached hydrogen (secondary N) is 1. The third-order valence-electron chi connectivity index (χ3n) is 6.87. The van der Waals surface area contributed by atoms with Gasteiger partial charge in [-0.1, -0.05) is 48.0 Å². The summed E-state index contributed by atoms with van der Waals surface area (Å²) in [6.45, 7) is 12.8. The van der Waals surface area contributed by atoms with E-state index in [1.807, 2.05) is 71.9 Å². The molecule has 7 nitrogen and oxygen atoms in total. The molecule has 0 fully saturated rings. The number of carbonyl (C=O) groups is 2. The van der Waals surface area contributed by atoms with Crippen molar-refractivity contribution in [1.82, 2.24) is 10.2 Å². The van der Waals surface area contributed by atoms with Crippen LogP contribution in [0.5, 0.6) is 0 Å². The van der Waals surface area contributed by atoms with E-state index < -0.39 is 28.5 Å². The molecule has 0 unspecified atom stereocenters. The molecule has 1 atom stereocenters. The van der Waals surface area contributed by atoms with Crippen molar-refractivity contribution in [2.75, 3.05) is 10.8 Å². The van der Waals surface area contributed by atoms with Crippen LogP contribution in [-0.2, 0) is 26.2 Å². The summed E-state index contributed by atoms with van der Waals surface area (Å²) >= 11 is 0. The summed E-state index contributed by atoms with van der Waals surface area (Å²) in [5.74, 6) is -0.773. The second-order valence-electron chi connectivity index (χ2n) is 10.4. The Bertz CT molecular complexity index is 1430. The van der Waals surface area contributed by atoms with Crippen LogP contribution in [0.1, 0.15) is 48.6 Å². The number of aryl methyl sites for hydroxylation is 4. The minimum Gasteiger partial charge on any atom is -0.352 e. The lowest BCUT2D eigenvalue weighted by molar-refractivity contribution is -0.139. The molecule has 0 heterocycles. The van der Waals surface area contributed by atoms with Gasteiger partial charge in [0, 0.05) is 12.6 Å². The Labute approximate surface area is 232 Å². The summed E-state index contributed by atoms with van der Waals surface area (Å²) in [6.07, 6.45) is 0. The Morgan fingerprint density at radius 3 is 2.05 bits per heavy atom. The third kappa shape index (κ3) is 7.26. The molecule has 0 saturated carbocycles. The summed E-state index contributed by atoms with van der Waals surface area (Å²) in [6, 6.07) is 18.6. The molecule has 0 aromatic heterocycles. The molecule has 208 valence electrons. The first-order valence-corrected chi connectivity index (χ1v) is 14.6. The lowest BCUT2D eigenvalue weighted by Gasteiger charge is -2.32. The summed E-state index contributed by atoms with van der Waals surface area (Å²) in [7, 11) is -4.09. The zero-order valence-electron chi connectivity index (χ0n) is 23.9. The van der Waals surface area contributed by atoms with E-state index in [1.165, 1.54) is 4.90 Å². The molecule has 0 radical (unpaired) electrons. The number of hydrogen-bond acceptors (Lipinski definition) is 4. The summed E-state index contributed by atoms with van der Waals surface area (Å²) in [4.78, 5) is 28.6. The number of amides is 2. The SMILES string of the molecule is Cc1ccc(S(=O)(=O)N(CC(=O)N(Cc2ccccc2C)[C@@H](C)C(=O)NC(C)C)c2ccc(C)c(C)c2)cc1. The molecule has 39 heavy (non-hydrogen) atoms. The van der Waals surface area contributed by atoms with Gasteiger partial charge < -0.3 is 10.2 Å². The van der Waals surface area contributed by atoms with Gasteiger partial charge in [0.2, 0.25) is 11.8 Å². The second kappa shape index (κ2) is 12.5. The van der Waals surface area contributed by atoms with E-state index in [4.69, 9.17) is 0 Å². The van der Waals surface area contributed by atoms with Crippen LogP contribution in [0.3, 0.4) is 0 Å². The van der Waals surface area contributed by atoms with Gasteiger partial charge >= 0.3 is 0 Å². The molecule has 3 aromatic rings. The van der Waals surface area contributed by atoms with Gasteiger partial charge in [-0.05, 0) is 95.0 Å². The van der Waals surface area contributed by atoms with E-state index in [9.17, 15) is 18.0 Å². The van der Waals surface area contributed by atoms with Gasteiger partial charge in [-0.2, -0.15) is 0 Å². The van der Waals surface area contributed by atoms with Crippen molar-refractivity contribution in [3.8, 4) is 0 Å². The highest BCUT2D eigenvalue weighted by Crippen LogP contribution is 2.27. The maximum atomic E-state index is 14.0. The Morgan fingerprint density at radius 1 is 0.821 bits per heavy atom. The molecule has 8 heteroatoms. The summed E-state index contributed by atoms with van der Waals surface area (Å²) < 4.78 is 29.0. The highest BCUT2D eigenvalue weighted by molar-refractivity contribution is 7.92. The molecular formula is C31H39N3O4S. The average Bonchev–Trinajstić information content (AvgIpc) is 2.87. The van der Waals surface area contributed by atoms with Gasteiger partial charge in [0.15, 0.2) is 0 Å². The van der Waals surface area contributed by atoms with Crippen molar-refractivity contribution in [2.45, 2.75) is 72.0 Å². The van der Waals surface area contributed by atoms with E-state index in [-0.39, 0.29) is 23.4 Å². The van der Waals surface area contributed by atoms with E-state index in [0.29, 0.717) is 5.69 Å². The first-order valence-electron chi connectivity index (χ1n) is 13.1. The van der Waals surface area contributed by atoms with Crippen LogP contribution in [0, 0.1) is 27.7 Å². The summed E-state index contributed by atoms with van der Waals surface area (Å²) in [5, 5.41) is 2.87. The standard InChI is InChI=1S/C31H39N3O4S/c1-21(2)32-31(36)26(7)33(19-27-11-9-8-10-24(27)5)30(35)20-34(28-15-14-23(4)25(6)18-28)39(37,38)29-16-12-22(3)13-17-29/h8-18,21,26H,19-20H2,1-7H3,(H,32,36)/t26-/m0/s1. The number of benzene rings is 3. The number of rotatable bonds is 10. The zero-order chi connectivity index (χ0) is 28.9. The molecule has 1 N–H and O–H groups in total. The topological polar surface area (TPSA) is 86.8 Å². The average molecular weight is 550 g/mol. The number of nitrogens with zero attached hydrogens (tertiary/aromatic N) is 2. The highest BCUT2D eigenvalue weighted by Gasteiger charge is 2.33. The fourth-order valence-electron chi connectivity index (χ4n) is 4.21. The number of anilines is 1. The van der Waals surface area contributed by atoms with Crippen LogP contribution in [0.25, 0.3) is 0 Å². The molecule has 3 rings (SSSR count). The fraction of sp³-hybridized carbons (Fsp3) is 0.355. The molecule has 0 saturated heterocycles. The van der Waals surface area contributed by atoms with E-state index in [2.05, 4.69) is 5.32 Å². The number of sulfonamides is 1. The fourth-order valence-corrected chi connectivity index (χ4v) is 5.61. The number of hydrogen-bond donors (Lipinski definition) is 1. The molecule has 0 spiro atoms. The quantitative estimate of drug-likeness (QED) is 0.383. The van der Waals surface area contributed by atoms with Crippen molar-refractivity contribution in [2.24, 2.45) is 0 Å². The Morgan fingerprint density at radius 2 is 1.46 bits per heavy atom. The van der Waals surface area contributed by atoms with E-state index in [1.54, 1.807) is 43.3 Å². The Balaban J connectivity index is 2.07. The molecule has 0 aliphatic rings. The second-order valence-corrected chi connectivity index (χ2v) is 12.2. The van der Waals surface area contributed by atoms with Crippen LogP contribution < -0.4 is 9.62 Å². The van der Waals surface area contributed by atoms with Crippen LogP contribution in [-0.4, -0.2) is 43.8 Å². The minimum atomic E-state index is -4.09. The van der Waals surface area contributed by atoms with Crippen LogP contribution in [0.15, 0.2) is 71.6 Å². The van der Waals surface area contributed by atoms with Crippen LogP contribution in [0.4, 0.5) is 5.69 Å². The molecule has 0 aliphatic heterocycles. The molecule has 0 aliphatic carbocycles. The van der Waals surface area contributed by atoms with Crippen molar-refractivity contribution >= 4 is 27.5 Å². The maximum absolute atomic E-state index is 14.0. The van der Waals surface area contributed by atoms with Crippen LogP contribution in [0.2, 0.25) is 0 Å². The van der Waals surface area contributed by atoms with Crippen LogP contribution >= 0.6 is 0 Å². The molecule has 0 bridgehead atoms. The first-order chi connectivity index (χ1) is 18.3. The smallest absolute Gasteiger partial charge is 0.264 e. The predicted octanol–water partition coefficient (Wildman–Crippen LogP) is 5.06. The van der Waals surface area contributed by atoms with E-state index >= 15 is 0 Å². The van der Waals surface area contributed by atoms with Gasteiger partial charge in [-0.3, -0.25) is 13.9 Å². The normalized spacial score (nSPS) is 12.2. The first kappa shape index (κ1) is 29.9. The van der Waals surface area contributed by atoms with E-state index in [0.717, 1.165) is 32.1 Å². The van der Waals surface area contributed by atoms with Gasteiger partial charge in [-0.25, -0.2) is 8.42 Å². The Hall–Kier alpha value is -3.65. The zero-order valence-corrected chi connectivity index (χ0v) is 24.7. The van der Waals surface area contributed by atoms with Gasteiger partial charge in [0.1, 0.15) is 12.6 Å². The largest absolute Gasteiger partial charge is 0.352 e. The highest BCUT2D eigenvalue weighted by atomic mass is 32.2. The third-order valence-corrected chi connectivity index (χ3v) is 8.65. The lowest BCUT2D eigenvalue weighted by Crippen LogP contribution is -2.52. The maximum Gasteiger partial charge on any atom is 0.264 e. The minimum absolute atomic E-state index is 0.0928. The molecule has 2 amide bonds. The Kier molecular flexibility index (Phi) is 9.56. The summed E-state index contributed by atoms with van der Waals surface area (Å²) in [5.41, 5.74) is 5.10. The van der Waals surface area contributed by atoms with Crippen molar-refractivity contribution in [1.29, 1.82) is 0 Å². The van der Waals surface area contributed by atoms with Crippen molar-refractivity contribution < 1.29 is 18.0 Å². The predicted molar refractivity (Wildman–Crippen MR) is 156 cm³/mol.